The molecule has 0 radical (unpaired) electrons. The maximum Gasteiger partial charge on any atom is 0.320 e. The van der Waals surface area contributed by atoms with Crippen molar-refractivity contribution in [3.8, 4) is 44.5 Å². The van der Waals surface area contributed by atoms with Crippen molar-refractivity contribution >= 4 is 94.0 Å². The van der Waals surface area contributed by atoms with E-state index < -0.39 is 33.6 Å². The zero-order valence-electron chi connectivity index (χ0n) is 85.1. The number of rotatable bonds is 24. The van der Waals surface area contributed by atoms with E-state index >= 15 is 0 Å². The number of nitrogens with one attached hydrogen (secondary N) is 4. The van der Waals surface area contributed by atoms with E-state index in [1.165, 1.54) is 0 Å². The quantitative estimate of drug-likeness (QED) is 0.0323. The molecule has 734 valence electrons. The monoisotopic (exact) mass is 1870 g/mol. The van der Waals surface area contributed by atoms with E-state index in [4.69, 9.17) is 38.4 Å². The van der Waals surface area contributed by atoms with Crippen LogP contribution < -0.4 is 10.6 Å². The number of ether oxygens (including phenoxy) is 6. The third-order valence-electron chi connectivity index (χ3n) is 23.3. The minimum atomic E-state index is -0.710. The van der Waals surface area contributed by atoms with Crippen molar-refractivity contribution < 1.29 is 66.8 Å². The van der Waals surface area contributed by atoms with Crippen molar-refractivity contribution in [1.82, 2.24) is 69.8 Å². The van der Waals surface area contributed by atoms with E-state index in [0.29, 0.717) is 105 Å². The largest absolute Gasteiger partial charge is 0.459 e. The molecule has 4 aliphatic heterocycles. The van der Waals surface area contributed by atoms with E-state index in [9.17, 15) is 38.4 Å². The van der Waals surface area contributed by atoms with E-state index in [0.717, 1.165) is 134 Å². The molecule has 8 bridgehead atoms. The standard InChI is InChI=1S/C108H148N14O14/c1-71-57-73(3)97(74(4)58-71)101-85-37-33-81(111-85)99(79-29-25-77(26-30-79)61-109-89(123)63-115-41-45-117(65-91(125)131-103(7,8)9)49-53-121(69-95(129)135-107(19,20)21)54-50-118(46-42-115)66-92(126)132-104(10,11)12)83-35-39-87(113-83)102(98-75(5)59-72(2)60-76(98)6)88-40-36-84(114-88)100(82-34-38-86(101)112-82)80-31-27-78(28-32-80)62-110-90(124)64-116-43-47-119(67-93(127)133-105(13,14)15)51-55-122(70-96(130)136-108(22,23)24)56-52-120(48-44-116)68-94(128)134-106(16,17)18/h25-40,57-60,111,114H,41-56,61-70H2,1-24H3,(H,109,123)(H,110,124). The summed E-state index contributed by atoms with van der Waals surface area (Å²) in [6.07, 6.45) is 8.40. The number of carbonyl (C=O) groups excluding carboxylic acids is 8. The van der Waals surface area contributed by atoms with Crippen LogP contribution in [0.5, 0.6) is 0 Å². The van der Waals surface area contributed by atoms with Crippen molar-refractivity contribution in [2.45, 2.75) is 213 Å². The van der Waals surface area contributed by atoms with Crippen LogP contribution in [0.25, 0.3) is 90.9 Å². The molecule has 11 rings (SSSR count). The highest BCUT2D eigenvalue weighted by atomic mass is 16.6. The van der Waals surface area contributed by atoms with Gasteiger partial charge in [0.2, 0.25) is 11.8 Å². The number of aromatic nitrogens is 4. The zero-order chi connectivity index (χ0) is 99.1. The highest BCUT2D eigenvalue weighted by molar-refractivity contribution is 6.01. The van der Waals surface area contributed by atoms with Crippen molar-refractivity contribution in [2.24, 2.45) is 0 Å². The molecule has 7 heterocycles. The lowest BCUT2D eigenvalue weighted by atomic mass is 9.92. The summed E-state index contributed by atoms with van der Waals surface area (Å²) in [4.78, 5) is 145. The van der Waals surface area contributed by atoms with Crippen molar-refractivity contribution in [3.63, 3.8) is 0 Å². The SMILES string of the molecule is Cc1cc(C)c(-c2c3nc(c(-c4ccc(CNC(=O)CN5CCN(CC(=O)OC(C)(C)C)CCN(CC(=O)OC(C)(C)C)CCN(CC(=O)OC(C)(C)C)CC5)cc4)c4ccc([nH]4)c(-c4c(C)cc(C)cc4C)c4nc(c(-c5ccc(CNC(=O)CN6CCN(CC(=O)OC(C)(C)C)CCN(CC(=O)OC(C)(C)C)CCN(CC(=O)OC(C)(C)C)CC6)cc5)c5ccc2[nH]5)C=C4)C=C3)c(C)c1. The van der Waals surface area contributed by atoms with Crippen molar-refractivity contribution in [2.75, 3.05) is 157 Å². The van der Waals surface area contributed by atoms with Gasteiger partial charge in [0, 0.05) is 162 Å². The van der Waals surface area contributed by atoms with Gasteiger partial charge in [0.15, 0.2) is 0 Å². The fourth-order valence-electron chi connectivity index (χ4n) is 17.7. The molecular formula is C108H148N14O14. The molecular weight excluding hydrogens is 1720 g/mol. The van der Waals surface area contributed by atoms with Crippen LogP contribution in [0.15, 0.2) is 97.1 Å². The minimum absolute atomic E-state index is 0.00120. The van der Waals surface area contributed by atoms with Crippen LogP contribution in [0.4, 0.5) is 0 Å². The molecule has 3 aromatic heterocycles. The number of hydrogen-bond donors (Lipinski definition) is 4. The smallest absolute Gasteiger partial charge is 0.320 e. The molecule has 0 aliphatic carbocycles. The molecule has 136 heavy (non-hydrogen) atoms. The van der Waals surface area contributed by atoms with Crippen LogP contribution in [0.2, 0.25) is 0 Å². The number of aromatic amines is 2. The fourth-order valence-corrected chi connectivity index (χ4v) is 17.7. The average Bonchev–Trinajstić information content (AvgIpc) is 1.60. The van der Waals surface area contributed by atoms with Gasteiger partial charge in [-0.05, 0) is 270 Å². The molecule has 4 aliphatic rings. The van der Waals surface area contributed by atoms with Crippen LogP contribution in [-0.2, 0) is 79.9 Å². The molecule has 7 aromatic rings. The predicted molar refractivity (Wildman–Crippen MR) is 539 cm³/mol. The molecule has 28 heteroatoms. The van der Waals surface area contributed by atoms with Crippen LogP contribution in [0.1, 0.15) is 192 Å². The first-order chi connectivity index (χ1) is 63.7. The summed E-state index contributed by atoms with van der Waals surface area (Å²) in [5.41, 5.74) is 17.9. The summed E-state index contributed by atoms with van der Waals surface area (Å²) < 4.78 is 34.8. The van der Waals surface area contributed by atoms with Gasteiger partial charge < -0.3 is 49.0 Å². The molecule has 2 fully saturated rings. The molecule has 2 amide bonds. The third-order valence-corrected chi connectivity index (χ3v) is 23.3. The summed E-state index contributed by atoms with van der Waals surface area (Å²) in [5.74, 6) is -2.69. The first-order valence-electron chi connectivity index (χ1n) is 47.9. The van der Waals surface area contributed by atoms with Crippen molar-refractivity contribution in [1.29, 1.82) is 0 Å². The lowest BCUT2D eigenvalue weighted by Gasteiger charge is -2.34. The van der Waals surface area contributed by atoms with Gasteiger partial charge >= 0.3 is 35.8 Å². The Labute approximate surface area is 805 Å². The average molecular weight is 1870 g/mol. The summed E-state index contributed by atoms with van der Waals surface area (Å²) in [6.45, 7) is 52.9. The number of aryl methyl sites for hydroxylation is 6. The Balaban J connectivity index is 0.910. The van der Waals surface area contributed by atoms with Gasteiger partial charge in [-0.2, -0.15) is 0 Å². The predicted octanol–water partition coefficient (Wildman–Crippen LogP) is 14.9. The Bertz CT molecular complexity index is 5210. The van der Waals surface area contributed by atoms with Gasteiger partial charge in [-0.15, -0.1) is 0 Å². The molecule has 0 atom stereocenters. The number of carbonyl (C=O) groups is 8. The Kier molecular flexibility index (Phi) is 35.2. The number of hydrogen-bond acceptors (Lipinski definition) is 24. The van der Waals surface area contributed by atoms with Gasteiger partial charge in [0.1, 0.15) is 33.6 Å². The normalized spacial score (nSPS) is 16.0. The van der Waals surface area contributed by atoms with Gasteiger partial charge in [0.05, 0.1) is 75.1 Å². The molecule has 28 nitrogen and oxygen atoms in total. The Hall–Kier alpha value is -11.1. The first kappa shape index (κ1) is 105. The lowest BCUT2D eigenvalue weighted by molar-refractivity contribution is -0.158. The van der Waals surface area contributed by atoms with Crippen LogP contribution in [0.3, 0.4) is 0 Å². The molecule has 0 unspecified atom stereocenters. The number of H-pyrrole nitrogens is 2. The zero-order valence-corrected chi connectivity index (χ0v) is 85.1. The fraction of sp³-hybridized carbons (Fsp3) is 0.519. The lowest BCUT2D eigenvalue weighted by Crippen LogP contribution is -2.50. The van der Waals surface area contributed by atoms with E-state index in [1.807, 2.05) is 178 Å². The van der Waals surface area contributed by atoms with Crippen molar-refractivity contribution in [3.05, 3.63) is 164 Å². The van der Waals surface area contributed by atoms with Crippen LogP contribution in [0, 0.1) is 41.5 Å². The Morgan fingerprint density at radius 2 is 0.463 bits per heavy atom. The number of nitrogens with zero attached hydrogens (tertiary/aromatic N) is 10. The topological polar surface area (TPSA) is 299 Å². The number of amides is 2. The summed E-state index contributed by atoms with van der Waals surface area (Å²) in [5, 5.41) is 6.44. The third kappa shape index (κ3) is 32.6. The summed E-state index contributed by atoms with van der Waals surface area (Å²) in [6, 6.07) is 33.9. The van der Waals surface area contributed by atoms with E-state index in [2.05, 4.69) is 169 Å². The highest BCUT2D eigenvalue weighted by Crippen LogP contribution is 2.42. The molecule has 2 saturated heterocycles. The van der Waals surface area contributed by atoms with E-state index in [-0.39, 0.29) is 113 Å². The molecule has 0 spiro atoms. The highest BCUT2D eigenvalue weighted by Gasteiger charge is 2.32. The summed E-state index contributed by atoms with van der Waals surface area (Å²) >= 11 is 0. The second-order valence-electron chi connectivity index (χ2n) is 42.7. The van der Waals surface area contributed by atoms with Gasteiger partial charge in [-0.1, -0.05) is 83.9 Å². The van der Waals surface area contributed by atoms with E-state index in [1.54, 1.807) is 0 Å². The number of benzene rings is 4. The van der Waals surface area contributed by atoms with Crippen LogP contribution >= 0.6 is 0 Å². The Morgan fingerprint density at radius 1 is 0.272 bits per heavy atom. The van der Waals surface area contributed by atoms with Gasteiger partial charge in [-0.25, -0.2) is 9.97 Å². The summed E-state index contributed by atoms with van der Waals surface area (Å²) in [7, 11) is 0. The second kappa shape index (κ2) is 45.5. The van der Waals surface area contributed by atoms with Gasteiger partial charge in [0.25, 0.3) is 0 Å². The maximum atomic E-state index is 14.5. The molecule has 4 aromatic carbocycles. The maximum absolute atomic E-state index is 14.5. The number of fused-ring (bicyclic) bond motifs is 8. The molecule has 0 saturated carbocycles. The molecule has 4 N–H and O–H groups in total. The van der Waals surface area contributed by atoms with Crippen LogP contribution in [-0.4, -0.2) is 297 Å². The number of esters is 6. The second-order valence-corrected chi connectivity index (χ2v) is 42.7. The van der Waals surface area contributed by atoms with Gasteiger partial charge in [-0.3, -0.25) is 77.6 Å². The minimum Gasteiger partial charge on any atom is -0.459 e. The Morgan fingerprint density at radius 3 is 0.669 bits per heavy atom. The first-order valence-corrected chi connectivity index (χ1v) is 47.9.